The molecule has 0 fully saturated rings. The van der Waals surface area contributed by atoms with Crippen LogP contribution >= 0.6 is 0 Å². The van der Waals surface area contributed by atoms with Crippen molar-refractivity contribution >= 4 is 17.8 Å². The van der Waals surface area contributed by atoms with Gasteiger partial charge in [0, 0.05) is 17.8 Å². The molecule has 0 radical (unpaired) electrons. The quantitative estimate of drug-likeness (QED) is 0.621. The van der Waals surface area contributed by atoms with Gasteiger partial charge in [0.15, 0.2) is 12.1 Å². The number of aldehydes is 1. The van der Waals surface area contributed by atoms with Crippen LogP contribution in [0.2, 0.25) is 0 Å². The van der Waals surface area contributed by atoms with Crippen LogP contribution < -0.4 is 5.32 Å². The Morgan fingerprint density at radius 2 is 2.00 bits per heavy atom. The number of carbonyl (C=O) groups excluding carboxylic acids is 2. The lowest BCUT2D eigenvalue weighted by atomic mass is 10.2. The standard InChI is InChI=1S/C13H13NO2/c1-9-4-2-3-5-11(9)14-12-6-7-13(16)10(12)8-15/h2-5,8,14H,6-7H2,1H3. The molecule has 0 heterocycles. The van der Waals surface area contributed by atoms with E-state index in [1.54, 1.807) is 0 Å². The Morgan fingerprint density at radius 1 is 1.25 bits per heavy atom. The topological polar surface area (TPSA) is 46.2 Å². The van der Waals surface area contributed by atoms with Crippen LogP contribution in [-0.4, -0.2) is 12.1 Å². The average Bonchev–Trinajstić information content (AvgIpc) is 2.63. The Kier molecular flexibility index (Phi) is 2.86. The first-order valence-corrected chi connectivity index (χ1v) is 5.26. The van der Waals surface area contributed by atoms with E-state index in [0.717, 1.165) is 16.9 Å². The van der Waals surface area contributed by atoms with E-state index in [4.69, 9.17) is 0 Å². The van der Waals surface area contributed by atoms with Crippen LogP contribution in [0.5, 0.6) is 0 Å². The van der Waals surface area contributed by atoms with Gasteiger partial charge in [0.05, 0.1) is 5.57 Å². The molecule has 1 N–H and O–H groups in total. The fourth-order valence-electron chi connectivity index (χ4n) is 1.82. The molecule has 0 saturated carbocycles. The molecule has 0 aromatic heterocycles. The molecular weight excluding hydrogens is 202 g/mol. The van der Waals surface area contributed by atoms with Crippen molar-refractivity contribution in [2.24, 2.45) is 0 Å². The van der Waals surface area contributed by atoms with Gasteiger partial charge in [-0.05, 0) is 25.0 Å². The zero-order valence-corrected chi connectivity index (χ0v) is 9.12. The fourth-order valence-corrected chi connectivity index (χ4v) is 1.82. The smallest absolute Gasteiger partial charge is 0.168 e. The van der Waals surface area contributed by atoms with Crippen molar-refractivity contribution in [3.05, 3.63) is 41.1 Å². The Labute approximate surface area is 94.2 Å². The number of aryl methyl sites for hydroxylation is 1. The SMILES string of the molecule is Cc1ccccc1NC1=C(C=O)C(=O)CC1. The van der Waals surface area contributed by atoms with Crippen LogP contribution in [0, 0.1) is 6.92 Å². The molecule has 82 valence electrons. The Balaban J connectivity index is 2.29. The molecule has 1 aliphatic carbocycles. The highest BCUT2D eigenvalue weighted by molar-refractivity contribution is 6.14. The first-order chi connectivity index (χ1) is 7.72. The van der Waals surface area contributed by atoms with E-state index in [9.17, 15) is 9.59 Å². The minimum Gasteiger partial charge on any atom is -0.358 e. The molecule has 1 aliphatic rings. The van der Waals surface area contributed by atoms with E-state index in [1.165, 1.54) is 0 Å². The zero-order valence-electron chi connectivity index (χ0n) is 9.12. The zero-order chi connectivity index (χ0) is 11.5. The van der Waals surface area contributed by atoms with Gasteiger partial charge in [-0.3, -0.25) is 9.59 Å². The summed E-state index contributed by atoms with van der Waals surface area (Å²) in [6, 6.07) is 7.80. The van der Waals surface area contributed by atoms with Crippen LogP contribution in [-0.2, 0) is 9.59 Å². The largest absolute Gasteiger partial charge is 0.358 e. The number of ketones is 1. The highest BCUT2D eigenvalue weighted by Gasteiger charge is 2.22. The number of hydrogen-bond acceptors (Lipinski definition) is 3. The monoisotopic (exact) mass is 215 g/mol. The van der Waals surface area contributed by atoms with E-state index < -0.39 is 0 Å². The third kappa shape index (κ3) is 1.89. The van der Waals surface area contributed by atoms with E-state index in [-0.39, 0.29) is 5.78 Å². The molecule has 1 aromatic carbocycles. The van der Waals surface area contributed by atoms with Gasteiger partial charge in [-0.25, -0.2) is 0 Å². The van der Waals surface area contributed by atoms with Crippen molar-refractivity contribution in [1.29, 1.82) is 0 Å². The van der Waals surface area contributed by atoms with Crippen molar-refractivity contribution in [1.82, 2.24) is 0 Å². The normalized spacial score (nSPS) is 15.4. The molecule has 0 saturated heterocycles. The molecule has 1 aromatic rings. The minimum absolute atomic E-state index is 0.0638. The average molecular weight is 215 g/mol. The molecule has 3 heteroatoms. The summed E-state index contributed by atoms with van der Waals surface area (Å²) >= 11 is 0. The van der Waals surface area contributed by atoms with Gasteiger partial charge in [-0.1, -0.05) is 18.2 Å². The van der Waals surface area contributed by atoms with E-state index in [0.29, 0.717) is 24.7 Å². The predicted octanol–water partition coefficient (Wildman–Crippen LogP) is 2.22. The maximum atomic E-state index is 11.4. The number of para-hydroxylation sites is 1. The second kappa shape index (κ2) is 4.31. The lowest BCUT2D eigenvalue weighted by Crippen LogP contribution is -2.03. The number of allylic oxidation sites excluding steroid dienone is 2. The van der Waals surface area contributed by atoms with Crippen LogP contribution in [0.4, 0.5) is 5.69 Å². The third-order valence-corrected chi connectivity index (χ3v) is 2.78. The van der Waals surface area contributed by atoms with Crippen molar-refractivity contribution in [2.45, 2.75) is 19.8 Å². The molecule has 0 spiro atoms. The minimum atomic E-state index is -0.0638. The molecule has 0 amide bonds. The van der Waals surface area contributed by atoms with Gasteiger partial charge in [0.2, 0.25) is 0 Å². The molecule has 0 aliphatic heterocycles. The maximum Gasteiger partial charge on any atom is 0.168 e. The fraction of sp³-hybridized carbons (Fsp3) is 0.231. The van der Waals surface area contributed by atoms with Gasteiger partial charge >= 0.3 is 0 Å². The highest BCUT2D eigenvalue weighted by atomic mass is 16.1. The first-order valence-electron chi connectivity index (χ1n) is 5.26. The van der Waals surface area contributed by atoms with Crippen LogP contribution in [0.15, 0.2) is 35.5 Å². The summed E-state index contributed by atoms with van der Waals surface area (Å²) in [6.45, 7) is 1.99. The summed E-state index contributed by atoms with van der Waals surface area (Å²) in [4.78, 5) is 22.1. The number of hydrogen-bond donors (Lipinski definition) is 1. The maximum absolute atomic E-state index is 11.4. The molecule has 0 bridgehead atoms. The van der Waals surface area contributed by atoms with Crippen molar-refractivity contribution < 1.29 is 9.59 Å². The lowest BCUT2D eigenvalue weighted by Gasteiger charge is -2.10. The van der Waals surface area contributed by atoms with Gasteiger partial charge < -0.3 is 5.32 Å². The molecule has 0 atom stereocenters. The third-order valence-electron chi connectivity index (χ3n) is 2.78. The van der Waals surface area contributed by atoms with Crippen LogP contribution in [0.3, 0.4) is 0 Å². The summed E-state index contributed by atoms with van der Waals surface area (Å²) in [7, 11) is 0. The lowest BCUT2D eigenvalue weighted by molar-refractivity contribution is -0.116. The Hall–Kier alpha value is -1.90. The van der Waals surface area contributed by atoms with Gasteiger partial charge in [-0.15, -0.1) is 0 Å². The van der Waals surface area contributed by atoms with Crippen molar-refractivity contribution in [3.8, 4) is 0 Å². The second-order valence-electron chi connectivity index (χ2n) is 3.87. The number of anilines is 1. The predicted molar refractivity (Wildman–Crippen MR) is 62.1 cm³/mol. The number of nitrogens with one attached hydrogen (secondary N) is 1. The van der Waals surface area contributed by atoms with Crippen molar-refractivity contribution in [2.75, 3.05) is 5.32 Å². The molecular formula is C13H13NO2. The summed E-state index contributed by atoms with van der Waals surface area (Å²) in [5.41, 5.74) is 3.09. The highest BCUT2D eigenvalue weighted by Crippen LogP contribution is 2.25. The molecule has 16 heavy (non-hydrogen) atoms. The summed E-state index contributed by atoms with van der Waals surface area (Å²) in [6.07, 6.45) is 1.71. The Morgan fingerprint density at radius 3 is 2.69 bits per heavy atom. The van der Waals surface area contributed by atoms with E-state index in [2.05, 4.69) is 5.32 Å². The van der Waals surface area contributed by atoms with Gasteiger partial charge in [0.1, 0.15) is 0 Å². The number of Topliss-reactive ketones (excluding diaryl/α,β-unsaturated/α-hetero) is 1. The summed E-state index contributed by atoms with van der Waals surface area (Å²) < 4.78 is 0. The van der Waals surface area contributed by atoms with E-state index >= 15 is 0 Å². The number of carbonyl (C=O) groups is 2. The summed E-state index contributed by atoms with van der Waals surface area (Å²) in [5.74, 6) is -0.0638. The van der Waals surface area contributed by atoms with Gasteiger partial charge in [-0.2, -0.15) is 0 Å². The molecule has 3 nitrogen and oxygen atoms in total. The second-order valence-corrected chi connectivity index (χ2v) is 3.87. The van der Waals surface area contributed by atoms with Crippen molar-refractivity contribution in [3.63, 3.8) is 0 Å². The van der Waals surface area contributed by atoms with Crippen LogP contribution in [0.25, 0.3) is 0 Å². The van der Waals surface area contributed by atoms with Crippen LogP contribution in [0.1, 0.15) is 18.4 Å². The summed E-state index contributed by atoms with van der Waals surface area (Å²) in [5, 5.41) is 3.17. The van der Waals surface area contributed by atoms with E-state index in [1.807, 2.05) is 31.2 Å². The number of rotatable bonds is 3. The Bertz CT molecular complexity index is 475. The van der Waals surface area contributed by atoms with Gasteiger partial charge in [0.25, 0.3) is 0 Å². The molecule has 0 unspecified atom stereocenters. The first kappa shape index (κ1) is 10.6. The molecule has 2 rings (SSSR count). The number of benzene rings is 1.